The van der Waals surface area contributed by atoms with Crippen LogP contribution in [0.1, 0.15) is 32.1 Å². The molecule has 1 atom stereocenters. The lowest BCUT2D eigenvalue weighted by Crippen LogP contribution is -2.24. The molecule has 0 aromatic carbocycles. The van der Waals surface area contributed by atoms with Crippen LogP contribution in [0.15, 0.2) is 0 Å². The predicted molar refractivity (Wildman–Crippen MR) is 50.6 cm³/mol. The van der Waals surface area contributed by atoms with Gasteiger partial charge < -0.3 is 5.11 Å². The number of primary sulfonamides is 1. The van der Waals surface area contributed by atoms with Crippen molar-refractivity contribution < 1.29 is 13.5 Å². The van der Waals surface area contributed by atoms with Gasteiger partial charge in [-0.05, 0) is 25.2 Å². The minimum absolute atomic E-state index is 0.106. The molecule has 4 nitrogen and oxygen atoms in total. The van der Waals surface area contributed by atoms with Crippen molar-refractivity contribution in [3.05, 3.63) is 0 Å². The maximum atomic E-state index is 10.6. The molecule has 0 spiro atoms. The molecule has 0 aromatic heterocycles. The van der Waals surface area contributed by atoms with Gasteiger partial charge in [0, 0.05) is 0 Å². The van der Waals surface area contributed by atoms with Crippen LogP contribution in [0.5, 0.6) is 0 Å². The van der Waals surface area contributed by atoms with E-state index < -0.39 is 16.1 Å². The lowest BCUT2D eigenvalue weighted by Gasteiger charge is -2.16. The molecule has 1 fully saturated rings. The smallest absolute Gasteiger partial charge is 0.209 e. The number of hydrogen-bond acceptors (Lipinski definition) is 3. The third kappa shape index (κ3) is 4.06. The second-order valence-electron chi connectivity index (χ2n) is 3.77. The Labute approximate surface area is 79.2 Å². The van der Waals surface area contributed by atoms with E-state index in [-0.39, 0.29) is 12.2 Å². The zero-order chi connectivity index (χ0) is 9.90. The van der Waals surface area contributed by atoms with Gasteiger partial charge in [0.05, 0.1) is 11.9 Å². The van der Waals surface area contributed by atoms with Crippen LogP contribution in [0.3, 0.4) is 0 Å². The second-order valence-corrected chi connectivity index (χ2v) is 5.50. The van der Waals surface area contributed by atoms with Crippen molar-refractivity contribution in [1.29, 1.82) is 0 Å². The van der Waals surface area contributed by atoms with E-state index in [1.807, 2.05) is 0 Å². The standard InChI is InChI=1S/C8H17NO3S/c9-13(11,12)6-5-8(10)7-3-1-2-4-7/h7-8,10H,1-6H2,(H2,9,11,12)/t8-/m1/s1. The van der Waals surface area contributed by atoms with Gasteiger partial charge in [-0.25, -0.2) is 13.6 Å². The molecule has 13 heavy (non-hydrogen) atoms. The first kappa shape index (κ1) is 10.9. The summed E-state index contributed by atoms with van der Waals surface area (Å²) in [6.07, 6.45) is 4.13. The zero-order valence-corrected chi connectivity index (χ0v) is 8.46. The number of nitrogens with two attached hydrogens (primary N) is 1. The molecular weight excluding hydrogens is 190 g/mol. The van der Waals surface area contributed by atoms with E-state index in [1.165, 1.54) is 0 Å². The fourth-order valence-corrected chi connectivity index (χ4v) is 2.43. The highest BCUT2D eigenvalue weighted by Crippen LogP contribution is 2.28. The quantitative estimate of drug-likeness (QED) is 0.691. The van der Waals surface area contributed by atoms with Gasteiger partial charge in [0.2, 0.25) is 10.0 Å². The van der Waals surface area contributed by atoms with E-state index in [1.54, 1.807) is 0 Å². The van der Waals surface area contributed by atoms with E-state index in [2.05, 4.69) is 0 Å². The van der Waals surface area contributed by atoms with Crippen molar-refractivity contribution >= 4 is 10.0 Å². The van der Waals surface area contributed by atoms with Gasteiger partial charge in [0.1, 0.15) is 0 Å². The largest absolute Gasteiger partial charge is 0.393 e. The molecule has 0 radical (unpaired) electrons. The Hall–Kier alpha value is -0.130. The van der Waals surface area contributed by atoms with E-state index in [4.69, 9.17) is 5.14 Å². The number of hydrogen-bond donors (Lipinski definition) is 2. The molecule has 0 aliphatic heterocycles. The van der Waals surface area contributed by atoms with E-state index in [9.17, 15) is 13.5 Å². The highest BCUT2D eigenvalue weighted by Gasteiger charge is 2.23. The molecule has 1 aliphatic rings. The lowest BCUT2D eigenvalue weighted by atomic mass is 9.99. The van der Waals surface area contributed by atoms with Gasteiger partial charge >= 0.3 is 0 Å². The van der Waals surface area contributed by atoms with Crippen LogP contribution in [-0.2, 0) is 10.0 Å². The van der Waals surface area contributed by atoms with Crippen LogP contribution in [-0.4, -0.2) is 25.4 Å². The predicted octanol–water partition coefficient (Wildman–Crippen LogP) is 0.216. The molecule has 1 saturated carbocycles. The van der Waals surface area contributed by atoms with Gasteiger partial charge in [-0.15, -0.1) is 0 Å². The fraction of sp³-hybridized carbons (Fsp3) is 1.00. The average Bonchev–Trinajstić information content (AvgIpc) is 2.50. The SMILES string of the molecule is NS(=O)(=O)CC[C@@H](O)C1CCCC1. The Morgan fingerprint density at radius 1 is 1.38 bits per heavy atom. The van der Waals surface area contributed by atoms with Crippen LogP contribution in [0.4, 0.5) is 0 Å². The van der Waals surface area contributed by atoms with Crippen molar-refractivity contribution in [2.45, 2.75) is 38.2 Å². The van der Waals surface area contributed by atoms with Crippen molar-refractivity contribution in [1.82, 2.24) is 0 Å². The molecule has 0 saturated heterocycles. The summed E-state index contributed by atoms with van der Waals surface area (Å²) in [6.45, 7) is 0. The van der Waals surface area contributed by atoms with Gasteiger partial charge in [0.25, 0.3) is 0 Å². The summed E-state index contributed by atoms with van der Waals surface area (Å²) in [7, 11) is -3.41. The molecule has 78 valence electrons. The summed E-state index contributed by atoms with van der Waals surface area (Å²) in [4.78, 5) is 0. The highest BCUT2D eigenvalue weighted by molar-refractivity contribution is 7.89. The molecule has 0 heterocycles. The van der Waals surface area contributed by atoms with Gasteiger partial charge in [-0.3, -0.25) is 0 Å². The van der Waals surface area contributed by atoms with Crippen LogP contribution in [0.25, 0.3) is 0 Å². The van der Waals surface area contributed by atoms with E-state index in [0.717, 1.165) is 25.7 Å². The first-order valence-electron chi connectivity index (χ1n) is 4.67. The molecule has 0 unspecified atom stereocenters. The Kier molecular flexibility index (Phi) is 3.70. The summed E-state index contributed by atoms with van der Waals surface area (Å²) < 4.78 is 21.2. The molecule has 5 heteroatoms. The zero-order valence-electron chi connectivity index (χ0n) is 7.65. The van der Waals surface area contributed by atoms with Crippen molar-refractivity contribution in [2.24, 2.45) is 11.1 Å². The minimum atomic E-state index is -3.41. The summed E-state index contributed by atoms with van der Waals surface area (Å²) in [5.74, 6) is 0.187. The van der Waals surface area contributed by atoms with Crippen molar-refractivity contribution in [2.75, 3.05) is 5.75 Å². The second kappa shape index (κ2) is 4.39. The van der Waals surface area contributed by atoms with E-state index >= 15 is 0 Å². The summed E-state index contributed by atoms with van der Waals surface area (Å²) in [5, 5.41) is 14.4. The third-order valence-electron chi connectivity index (χ3n) is 2.64. The van der Waals surface area contributed by atoms with Crippen LogP contribution in [0.2, 0.25) is 0 Å². The van der Waals surface area contributed by atoms with Crippen LogP contribution < -0.4 is 5.14 Å². The summed E-state index contributed by atoms with van der Waals surface area (Å²) in [6, 6.07) is 0. The molecule has 1 aliphatic carbocycles. The molecule has 0 amide bonds. The maximum absolute atomic E-state index is 10.6. The first-order chi connectivity index (χ1) is 5.99. The molecule has 0 bridgehead atoms. The Bertz CT molecular complexity index is 244. The van der Waals surface area contributed by atoms with Crippen molar-refractivity contribution in [3.63, 3.8) is 0 Å². The number of rotatable bonds is 4. The van der Waals surface area contributed by atoms with E-state index in [0.29, 0.717) is 5.92 Å². The normalized spacial score (nSPS) is 22.0. The molecule has 1 rings (SSSR count). The van der Waals surface area contributed by atoms with Crippen LogP contribution >= 0.6 is 0 Å². The highest BCUT2D eigenvalue weighted by atomic mass is 32.2. The molecule has 3 N–H and O–H groups in total. The van der Waals surface area contributed by atoms with Crippen LogP contribution in [0, 0.1) is 5.92 Å². The summed E-state index contributed by atoms with van der Waals surface area (Å²) in [5.41, 5.74) is 0. The van der Waals surface area contributed by atoms with Gasteiger partial charge in [-0.2, -0.15) is 0 Å². The topological polar surface area (TPSA) is 80.4 Å². The Balaban J connectivity index is 2.28. The maximum Gasteiger partial charge on any atom is 0.209 e. The first-order valence-corrected chi connectivity index (χ1v) is 6.39. The lowest BCUT2D eigenvalue weighted by molar-refractivity contribution is 0.107. The molecule has 0 aromatic rings. The third-order valence-corrected chi connectivity index (χ3v) is 3.45. The number of aliphatic hydroxyl groups is 1. The fourth-order valence-electron chi connectivity index (χ4n) is 1.86. The Morgan fingerprint density at radius 3 is 2.38 bits per heavy atom. The summed E-state index contributed by atoms with van der Waals surface area (Å²) >= 11 is 0. The average molecular weight is 207 g/mol. The number of sulfonamides is 1. The number of aliphatic hydroxyl groups excluding tert-OH is 1. The molecular formula is C8H17NO3S. The minimum Gasteiger partial charge on any atom is -0.393 e. The van der Waals surface area contributed by atoms with Gasteiger partial charge in [-0.1, -0.05) is 12.8 Å². The van der Waals surface area contributed by atoms with Gasteiger partial charge in [0.15, 0.2) is 0 Å². The Morgan fingerprint density at radius 2 is 1.92 bits per heavy atom. The monoisotopic (exact) mass is 207 g/mol. The van der Waals surface area contributed by atoms with Crippen molar-refractivity contribution in [3.8, 4) is 0 Å².